The summed E-state index contributed by atoms with van der Waals surface area (Å²) < 4.78 is 5.55. The Bertz CT molecular complexity index is 330. The Morgan fingerprint density at radius 3 is 2.47 bits per heavy atom. The number of rotatable bonds is 4. The summed E-state index contributed by atoms with van der Waals surface area (Å²) in [7, 11) is 0. The Hall–Kier alpha value is -1.10. The Balaban J connectivity index is 2.08. The fourth-order valence-electron chi connectivity index (χ4n) is 2.77. The highest BCUT2D eigenvalue weighted by molar-refractivity contribution is 5.86. The van der Waals surface area contributed by atoms with Gasteiger partial charge in [-0.1, -0.05) is 6.92 Å². The first-order chi connectivity index (χ1) is 8.04. The van der Waals surface area contributed by atoms with Crippen molar-refractivity contribution in [2.45, 2.75) is 51.4 Å². The van der Waals surface area contributed by atoms with Crippen molar-refractivity contribution in [2.75, 3.05) is 0 Å². The van der Waals surface area contributed by atoms with Crippen LogP contribution in [-0.2, 0) is 14.3 Å². The molecule has 2 rings (SSSR count). The van der Waals surface area contributed by atoms with Crippen LogP contribution in [0.2, 0.25) is 0 Å². The highest BCUT2D eigenvalue weighted by atomic mass is 16.5. The summed E-state index contributed by atoms with van der Waals surface area (Å²) in [6, 6.07) is 0.0797. The molecule has 0 aromatic rings. The first-order valence-corrected chi connectivity index (χ1v) is 6.23. The predicted molar refractivity (Wildman–Crippen MR) is 60.4 cm³/mol. The van der Waals surface area contributed by atoms with Crippen molar-refractivity contribution in [3.63, 3.8) is 0 Å². The maximum atomic E-state index is 12.1. The van der Waals surface area contributed by atoms with Gasteiger partial charge in [0.25, 0.3) is 0 Å². The number of aliphatic carboxylic acids is 1. The fraction of sp³-hybridized carbons (Fsp3) is 0.833. The molecule has 0 radical (unpaired) electrons. The summed E-state index contributed by atoms with van der Waals surface area (Å²) in [6.07, 6.45) is 1.92. The second kappa shape index (κ2) is 4.64. The third-order valence-electron chi connectivity index (χ3n) is 3.86. The summed E-state index contributed by atoms with van der Waals surface area (Å²) >= 11 is 0. The zero-order chi connectivity index (χ0) is 12.6. The maximum absolute atomic E-state index is 12.1. The molecular weight excluding hydrogens is 222 g/mol. The summed E-state index contributed by atoms with van der Waals surface area (Å²) in [5, 5.41) is 12.0. The molecule has 5 heteroatoms. The molecule has 2 aliphatic heterocycles. The number of ether oxygens (including phenoxy) is 1. The van der Waals surface area contributed by atoms with Crippen LogP contribution >= 0.6 is 0 Å². The van der Waals surface area contributed by atoms with E-state index >= 15 is 0 Å². The van der Waals surface area contributed by atoms with Gasteiger partial charge in [0.1, 0.15) is 0 Å². The van der Waals surface area contributed by atoms with Crippen LogP contribution in [0.5, 0.6) is 0 Å². The third-order valence-corrected chi connectivity index (χ3v) is 3.86. The Kier molecular flexibility index (Phi) is 3.38. The zero-order valence-electron chi connectivity index (χ0n) is 10.2. The van der Waals surface area contributed by atoms with Crippen molar-refractivity contribution < 1.29 is 19.4 Å². The van der Waals surface area contributed by atoms with Gasteiger partial charge in [0.15, 0.2) is 0 Å². The Labute approximate surface area is 101 Å². The number of nitrogens with one attached hydrogen (secondary N) is 1. The summed E-state index contributed by atoms with van der Waals surface area (Å²) in [5.41, 5.74) is 0. The van der Waals surface area contributed by atoms with Gasteiger partial charge in [-0.2, -0.15) is 0 Å². The van der Waals surface area contributed by atoms with Gasteiger partial charge in [0, 0.05) is 6.04 Å². The van der Waals surface area contributed by atoms with Crippen LogP contribution in [0.25, 0.3) is 0 Å². The van der Waals surface area contributed by atoms with E-state index in [-0.39, 0.29) is 24.2 Å². The molecule has 0 aromatic heterocycles. The fourth-order valence-corrected chi connectivity index (χ4v) is 2.77. The maximum Gasteiger partial charge on any atom is 0.310 e. The van der Waals surface area contributed by atoms with Crippen molar-refractivity contribution in [1.82, 2.24) is 5.32 Å². The second-order valence-electron chi connectivity index (χ2n) is 5.00. The molecule has 2 N–H and O–H groups in total. The number of hydrogen-bond donors (Lipinski definition) is 2. The van der Waals surface area contributed by atoms with Gasteiger partial charge in [-0.25, -0.2) is 0 Å². The molecule has 2 heterocycles. The lowest BCUT2D eigenvalue weighted by Gasteiger charge is -2.25. The molecule has 5 nitrogen and oxygen atoms in total. The summed E-state index contributed by atoms with van der Waals surface area (Å²) in [6.45, 7) is 3.90. The molecule has 96 valence electrons. The van der Waals surface area contributed by atoms with Crippen molar-refractivity contribution in [2.24, 2.45) is 11.8 Å². The van der Waals surface area contributed by atoms with Gasteiger partial charge in [-0.05, 0) is 26.2 Å². The van der Waals surface area contributed by atoms with E-state index in [1.54, 1.807) is 0 Å². The van der Waals surface area contributed by atoms with E-state index in [0.29, 0.717) is 0 Å². The number of carboxylic acid groups (broad SMARTS) is 1. The lowest BCUT2D eigenvalue weighted by molar-refractivity contribution is -0.148. The summed E-state index contributed by atoms with van der Waals surface area (Å²) in [5.74, 6) is -2.27. The van der Waals surface area contributed by atoms with Crippen molar-refractivity contribution >= 4 is 11.9 Å². The molecule has 2 bridgehead atoms. The number of carbonyl (C=O) groups excluding carboxylic acids is 1. The average molecular weight is 241 g/mol. The van der Waals surface area contributed by atoms with Crippen LogP contribution in [-0.4, -0.2) is 35.2 Å². The molecule has 2 fully saturated rings. The standard InChI is InChI=1S/C12H19NO4/c1-3-6(2)13-11(14)9-7-4-5-8(17-7)10(9)12(15)16/h6-10H,3-5H2,1-2H3,(H,13,14)(H,15,16)/t6-,7+,8-,9-,10+/m1/s1. The molecule has 0 unspecified atom stereocenters. The van der Waals surface area contributed by atoms with Crippen LogP contribution in [0.4, 0.5) is 0 Å². The molecule has 17 heavy (non-hydrogen) atoms. The van der Waals surface area contributed by atoms with Gasteiger partial charge in [-0.15, -0.1) is 0 Å². The highest BCUT2D eigenvalue weighted by Gasteiger charge is 2.55. The lowest BCUT2D eigenvalue weighted by atomic mass is 9.78. The average Bonchev–Trinajstić information content (AvgIpc) is 2.87. The minimum Gasteiger partial charge on any atom is -0.481 e. The van der Waals surface area contributed by atoms with Crippen LogP contribution in [0, 0.1) is 11.8 Å². The van der Waals surface area contributed by atoms with Crippen molar-refractivity contribution in [3.8, 4) is 0 Å². The first-order valence-electron chi connectivity index (χ1n) is 6.23. The normalized spacial score (nSPS) is 36.8. The topological polar surface area (TPSA) is 75.6 Å². The molecule has 2 aliphatic rings. The van der Waals surface area contributed by atoms with Crippen molar-refractivity contribution in [3.05, 3.63) is 0 Å². The minimum atomic E-state index is -0.915. The third kappa shape index (κ3) is 2.16. The largest absolute Gasteiger partial charge is 0.481 e. The molecule has 0 aliphatic carbocycles. The highest BCUT2D eigenvalue weighted by Crippen LogP contribution is 2.43. The van der Waals surface area contributed by atoms with Gasteiger partial charge < -0.3 is 15.2 Å². The van der Waals surface area contributed by atoms with E-state index in [1.165, 1.54) is 0 Å². The number of carbonyl (C=O) groups is 2. The second-order valence-corrected chi connectivity index (χ2v) is 5.00. The molecule has 1 amide bonds. The van der Waals surface area contributed by atoms with Crippen LogP contribution in [0.1, 0.15) is 33.1 Å². The van der Waals surface area contributed by atoms with Gasteiger partial charge in [0.2, 0.25) is 5.91 Å². The van der Waals surface area contributed by atoms with Crippen molar-refractivity contribution in [1.29, 1.82) is 0 Å². The van der Waals surface area contributed by atoms with E-state index in [2.05, 4.69) is 5.32 Å². The first kappa shape index (κ1) is 12.4. The minimum absolute atomic E-state index is 0.0797. The molecule has 0 aromatic carbocycles. The predicted octanol–water partition coefficient (Wildman–Crippen LogP) is 0.779. The summed E-state index contributed by atoms with van der Waals surface area (Å²) in [4.78, 5) is 23.3. The number of fused-ring (bicyclic) bond motifs is 2. The Morgan fingerprint density at radius 1 is 1.35 bits per heavy atom. The van der Waals surface area contributed by atoms with Gasteiger partial charge in [-0.3, -0.25) is 9.59 Å². The number of amides is 1. The van der Waals surface area contributed by atoms with Crippen LogP contribution < -0.4 is 5.32 Å². The van der Waals surface area contributed by atoms with Gasteiger partial charge in [0.05, 0.1) is 24.0 Å². The molecule has 2 saturated heterocycles. The van der Waals surface area contributed by atoms with E-state index in [1.807, 2.05) is 13.8 Å². The molecule has 0 spiro atoms. The van der Waals surface area contributed by atoms with Gasteiger partial charge >= 0.3 is 5.97 Å². The van der Waals surface area contributed by atoms with Crippen LogP contribution in [0.15, 0.2) is 0 Å². The zero-order valence-corrected chi connectivity index (χ0v) is 10.2. The number of carboxylic acids is 1. The molecular formula is C12H19NO4. The van der Waals surface area contributed by atoms with E-state index in [4.69, 9.17) is 4.74 Å². The molecule has 0 saturated carbocycles. The van der Waals surface area contributed by atoms with E-state index in [0.717, 1.165) is 19.3 Å². The van der Waals surface area contributed by atoms with E-state index in [9.17, 15) is 14.7 Å². The monoisotopic (exact) mass is 241 g/mol. The SMILES string of the molecule is CC[C@@H](C)NC(=O)[C@H]1[C@@H](C(=O)O)[C@H]2CC[C@@H]1O2. The quantitative estimate of drug-likeness (QED) is 0.762. The lowest BCUT2D eigenvalue weighted by Crippen LogP contribution is -2.46. The Morgan fingerprint density at radius 2 is 1.94 bits per heavy atom. The number of hydrogen-bond acceptors (Lipinski definition) is 3. The van der Waals surface area contributed by atoms with Crippen LogP contribution in [0.3, 0.4) is 0 Å². The molecule has 5 atom stereocenters. The van der Waals surface area contributed by atoms with E-state index < -0.39 is 17.8 Å². The smallest absolute Gasteiger partial charge is 0.310 e.